The Kier molecular flexibility index (Phi) is 2.57. The van der Waals surface area contributed by atoms with Gasteiger partial charge in [0, 0.05) is 5.56 Å². The SMILES string of the molecule is CC(C)(C)c1ccc(O)c(Br)c1O. The molecule has 2 N–H and O–H groups in total. The molecular formula is C10H13BrO2. The average Bonchev–Trinajstić information content (AvgIpc) is 1.98. The van der Waals surface area contributed by atoms with Crippen molar-refractivity contribution in [1.29, 1.82) is 0 Å². The number of phenolic OH excluding ortho intramolecular Hbond substituents is 2. The van der Waals surface area contributed by atoms with E-state index in [2.05, 4.69) is 15.9 Å². The van der Waals surface area contributed by atoms with Crippen LogP contribution >= 0.6 is 15.9 Å². The van der Waals surface area contributed by atoms with Crippen LogP contribution in [0.25, 0.3) is 0 Å². The van der Waals surface area contributed by atoms with Crippen molar-refractivity contribution in [2.45, 2.75) is 26.2 Å². The molecule has 72 valence electrons. The maximum absolute atomic E-state index is 9.71. The van der Waals surface area contributed by atoms with Crippen molar-refractivity contribution in [3.8, 4) is 11.5 Å². The fraction of sp³-hybridized carbons (Fsp3) is 0.400. The van der Waals surface area contributed by atoms with Crippen LogP contribution in [0.5, 0.6) is 11.5 Å². The van der Waals surface area contributed by atoms with Crippen LogP contribution in [0.1, 0.15) is 26.3 Å². The Morgan fingerprint density at radius 2 is 1.69 bits per heavy atom. The Balaban J connectivity index is 3.35. The van der Waals surface area contributed by atoms with E-state index in [0.29, 0.717) is 4.47 Å². The van der Waals surface area contributed by atoms with Crippen molar-refractivity contribution in [1.82, 2.24) is 0 Å². The lowest BCUT2D eigenvalue weighted by Crippen LogP contribution is -2.11. The Morgan fingerprint density at radius 1 is 1.15 bits per heavy atom. The molecule has 1 rings (SSSR count). The number of benzene rings is 1. The summed E-state index contributed by atoms with van der Waals surface area (Å²) in [5, 5.41) is 19.0. The second-order valence-electron chi connectivity index (χ2n) is 4.04. The molecule has 0 aliphatic heterocycles. The molecule has 0 aromatic heterocycles. The fourth-order valence-corrected chi connectivity index (χ4v) is 1.50. The van der Waals surface area contributed by atoms with Crippen molar-refractivity contribution in [3.63, 3.8) is 0 Å². The van der Waals surface area contributed by atoms with Gasteiger partial charge >= 0.3 is 0 Å². The maximum atomic E-state index is 9.71. The molecule has 0 aliphatic rings. The third-order valence-corrected chi connectivity index (χ3v) is 2.69. The summed E-state index contributed by atoms with van der Waals surface area (Å²) < 4.78 is 0.361. The summed E-state index contributed by atoms with van der Waals surface area (Å²) in [4.78, 5) is 0. The molecule has 0 atom stereocenters. The van der Waals surface area contributed by atoms with Gasteiger partial charge in [-0.15, -0.1) is 0 Å². The third kappa shape index (κ3) is 1.97. The quantitative estimate of drug-likeness (QED) is 0.737. The summed E-state index contributed by atoms with van der Waals surface area (Å²) in [6, 6.07) is 3.31. The Bertz CT molecular complexity index is 326. The molecule has 0 unspecified atom stereocenters. The molecular weight excluding hydrogens is 232 g/mol. The molecule has 0 heterocycles. The van der Waals surface area contributed by atoms with E-state index in [1.807, 2.05) is 20.8 Å². The van der Waals surface area contributed by atoms with Gasteiger partial charge in [0.2, 0.25) is 0 Å². The number of phenols is 2. The van der Waals surface area contributed by atoms with Crippen LogP contribution in [-0.2, 0) is 5.41 Å². The highest BCUT2D eigenvalue weighted by molar-refractivity contribution is 9.10. The molecule has 0 fully saturated rings. The Labute approximate surface area is 86.3 Å². The molecule has 0 aliphatic carbocycles. The summed E-state index contributed by atoms with van der Waals surface area (Å²) in [6.07, 6.45) is 0. The van der Waals surface area contributed by atoms with Crippen LogP contribution in [0.15, 0.2) is 16.6 Å². The Morgan fingerprint density at radius 3 is 2.15 bits per heavy atom. The minimum atomic E-state index is -0.125. The van der Waals surface area contributed by atoms with Gasteiger partial charge in [-0.1, -0.05) is 26.8 Å². The second kappa shape index (κ2) is 3.22. The molecule has 1 aromatic carbocycles. The molecule has 13 heavy (non-hydrogen) atoms. The molecule has 3 heteroatoms. The lowest BCUT2D eigenvalue weighted by atomic mass is 9.86. The van der Waals surface area contributed by atoms with Gasteiger partial charge in [0.25, 0.3) is 0 Å². The normalized spacial score (nSPS) is 11.7. The summed E-state index contributed by atoms with van der Waals surface area (Å²) >= 11 is 3.12. The molecule has 0 saturated heterocycles. The molecule has 1 aromatic rings. The van der Waals surface area contributed by atoms with E-state index >= 15 is 0 Å². The summed E-state index contributed by atoms with van der Waals surface area (Å²) in [5.74, 6) is 0.179. The lowest BCUT2D eigenvalue weighted by molar-refractivity contribution is 0.426. The van der Waals surface area contributed by atoms with E-state index in [0.717, 1.165) is 5.56 Å². The molecule has 0 spiro atoms. The largest absolute Gasteiger partial charge is 0.507 e. The number of rotatable bonds is 0. The van der Waals surface area contributed by atoms with E-state index in [1.165, 1.54) is 0 Å². The van der Waals surface area contributed by atoms with Crippen molar-refractivity contribution < 1.29 is 10.2 Å². The minimum Gasteiger partial charge on any atom is -0.507 e. The summed E-state index contributed by atoms with van der Waals surface area (Å²) in [7, 11) is 0. The predicted octanol–water partition coefficient (Wildman–Crippen LogP) is 3.16. The van der Waals surface area contributed by atoms with E-state index in [9.17, 15) is 10.2 Å². The minimum absolute atomic E-state index is 0.0606. The first-order valence-corrected chi connectivity index (χ1v) is 4.84. The highest BCUT2D eigenvalue weighted by Gasteiger charge is 2.20. The number of hydrogen-bond acceptors (Lipinski definition) is 2. The molecule has 0 radical (unpaired) electrons. The summed E-state index contributed by atoms with van der Waals surface area (Å²) in [5.41, 5.74) is 0.692. The number of aromatic hydroxyl groups is 2. The van der Waals surface area contributed by atoms with Gasteiger partial charge in [0.1, 0.15) is 16.0 Å². The van der Waals surface area contributed by atoms with E-state index in [4.69, 9.17) is 0 Å². The predicted molar refractivity (Wildman–Crippen MR) is 56.2 cm³/mol. The van der Waals surface area contributed by atoms with Crippen LogP contribution in [0.2, 0.25) is 0 Å². The van der Waals surface area contributed by atoms with Crippen LogP contribution in [0, 0.1) is 0 Å². The van der Waals surface area contributed by atoms with Gasteiger partial charge < -0.3 is 10.2 Å². The van der Waals surface area contributed by atoms with Crippen molar-refractivity contribution >= 4 is 15.9 Å². The second-order valence-corrected chi connectivity index (χ2v) is 4.84. The molecule has 0 bridgehead atoms. The van der Waals surface area contributed by atoms with Gasteiger partial charge in [-0.25, -0.2) is 0 Å². The standard InChI is InChI=1S/C10H13BrO2/c1-10(2,3)6-4-5-7(12)8(11)9(6)13/h4-5,12-13H,1-3H3. The van der Waals surface area contributed by atoms with Crippen LogP contribution < -0.4 is 0 Å². The number of halogens is 1. The average molecular weight is 245 g/mol. The van der Waals surface area contributed by atoms with E-state index < -0.39 is 0 Å². The molecule has 0 saturated carbocycles. The smallest absolute Gasteiger partial charge is 0.137 e. The Hall–Kier alpha value is -0.700. The van der Waals surface area contributed by atoms with Gasteiger partial charge in [-0.2, -0.15) is 0 Å². The van der Waals surface area contributed by atoms with Gasteiger partial charge in [-0.05, 0) is 27.4 Å². The highest BCUT2D eigenvalue weighted by Crippen LogP contribution is 2.40. The first-order chi connectivity index (χ1) is 5.84. The van der Waals surface area contributed by atoms with Crippen molar-refractivity contribution in [2.24, 2.45) is 0 Å². The lowest BCUT2D eigenvalue weighted by Gasteiger charge is -2.21. The van der Waals surface area contributed by atoms with Crippen molar-refractivity contribution in [2.75, 3.05) is 0 Å². The fourth-order valence-electron chi connectivity index (χ4n) is 1.16. The molecule has 2 nitrogen and oxygen atoms in total. The zero-order chi connectivity index (χ0) is 10.2. The van der Waals surface area contributed by atoms with Gasteiger partial charge in [-0.3, -0.25) is 0 Å². The zero-order valence-electron chi connectivity index (χ0n) is 7.93. The van der Waals surface area contributed by atoms with Crippen LogP contribution in [0.4, 0.5) is 0 Å². The summed E-state index contributed by atoms with van der Waals surface area (Å²) in [6.45, 7) is 6.02. The highest BCUT2D eigenvalue weighted by atomic mass is 79.9. The number of hydrogen-bond donors (Lipinski definition) is 2. The van der Waals surface area contributed by atoms with E-state index in [1.54, 1.807) is 12.1 Å². The molecule has 0 amide bonds. The van der Waals surface area contributed by atoms with E-state index in [-0.39, 0.29) is 16.9 Å². The third-order valence-electron chi connectivity index (χ3n) is 1.90. The van der Waals surface area contributed by atoms with Crippen molar-refractivity contribution in [3.05, 3.63) is 22.2 Å². The first kappa shape index (κ1) is 10.4. The zero-order valence-corrected chi connectivity index (χ0v) is 9.51. The van der Waals surface area contributed by atoms with Gasteiger partial charge in [0.15, 0.2) is 0 Å². The first-order valence-electron chi connectivity index (χ1n) is 4.05. The van der Waals surface area contributed by atoms with Crippen LogP contribution in [0.3, 0.4) is 0 Å². The topological polar surface area (TPSA) is 40.5 Å². The van der Waals surface area contributed by atoms with Gasteiger partial charge in [0.05, 0.1) is 0 Å². The maximum Gasteiger partial charge on any atom is 0.137 e. The van der Waals surface area contributed by atoms with Crippen LogP contribution in [-0.4, -0.2) is 10.2 Å². The monoisotopic (exact) mass is 244 g/mol.